The molecule has 0 radical (unpaired) electrons. The maximum atomic E-state index is 13.2. The van der Waals surface area contributed by atoms with Crippen LogP contribution in [0.2, 0.25) is 0 Å². The molecule has 0 aliphatic rings. The molecular weight excluding hydrogens is 263 g/mol. The van der Waals surface area contributed by atoms with Gasteiger partial charge in [-0.25, -0.2) is 4.39 Å². The van der Waals surface area contributed by atoms with E-state index in [0.29, 0.717) is 21.7 Å². The quantitative estimate of drug-likeness (QED) is 0.789. The minimum atomic E-state index is -0.310. The largest absolute Gasteiger partial charge is 0.288 e. The van der Waals surface area contributed by atoms with Crippen LogP contribution in [0.4, 0.5) is 4.39 Å². The molecule has 1 heterocycles. The Kier molecular flexibility index (Phi) is 3.49. The number of hydrogen-bond acceptors (Lipinski definition) is 4. The first-order chi connectivity index (χ1) is 8.80. The van der Waals surface area contributed by atoms with Gasteiger partial charge in [0.15, 0.2) is 0 Å². The third kappa shape index (κ3) is 2.71. The molecule has 0 saturated carbocycles. The fourth-order valence-electron chi connectivity index (χ4n) is 1.75. The Morgan fingerprint density at radius 1 is 1.32 bits per heavy atom. The molecule has 0 aliphatic heterocycles. The Morgan fingerprint density at radius 3 is 2.58 bits per heavy atom. The average Bonchev–Trinajstić information content (AvgIpc) is 2.80. The number of carbonyl (C=O) groups excluding carboxylic acids is 1. The number of hydrogen-bond donors (Lipinski definition) is 0. The average molecular weight is 278 g/mol. The Balaban J connectivity index is 2.45. The second kappa shape index (κ2) is 4.81. The second-order valence-corrected chi connectivity index (χ2v) is 6.25. The highest BCUT2D eigenvalue weighted by atomic mass is 32.1. The number of halogens is 1. The first kappa shape index (κ1) is 13.8. The van der Waals surface area contributed by atoms with E-state index in [2.05, 4.69) is 9.59 Å². The van der Waals surface area contributed by atoms with Crippen molar-refractivity contribution >= 4 is 17.3 Å². The summed E-state index contributed by atoms with van der Waals surface area (Å²) in [7, 11) is 0. The van der Waals surface area contributed by atoms with Crippen molar-refractivity contribution in [1.29, 1.82) is 0 Å². The molecule has 1 aromatic heterocycles. The number of aromatic nitrogens is 2. The summed E-state index contributed by atoms with van der Waals surface area (Å²) in [5, 5.41) is 4.05. The third-order valence-corrected chi connectivity index (χ3v) is 3.55. The number of aryl methyl sites for hydroxylation is 1. The summed E-state index contributed by atoms with van der Waals surface area (Å²) in [4.78, 5) is 13.0. The summed E-state index contributed by atoms with van der Waals surface area (Å²) in [6.07, 6.45) is 0. The molecule has 0 amide bonds. The normalized spacial score (nSPS) is 11.6. The van der Waals surface area contributed by atoms with Gasteiger partial charge < -0.3 is 0 Å². The van der Waals surface area contributed by atoms with Crippen molar-refractivity contribution in [3.05, 3.63) is 45.7 Å². The summed E-state index contributed by atoms with van der Waals surface area (Å²) in [5.41, 5.74) is 1.37. The van der Waals surface area contributed by atoms with E-state index in [4.69, 9.17) is 0 Å². The van der Waals surface area contributed by atoms with E-state index in [1.807, 2.05) is 20.8 Å². The van der Waals surface area contributed by atoms with Gasteiger partial charge in [0.1, 0.15) is 10.7 Å². The van der Waals surface area contributed by atoms with Gasteiger partial charge in [0.05, 0.1) is 5.69 Å². The summed E-state index contributed by atoms with van der Waals surface area (Å²) in [6, 6.07) is 4.37. The maximum Gasteiger partial charge on any atom is 0.206 e. The molecule has 0 spiro atoms. The summed E-state index contributed by atoms with van der Waals surface area (Å²) < 4.78 is 17.1. The van der Waals surface area contributed by atoms with Crippen molar-refractivity contribution in [2.24, 2.45) is 0 Å². The van der Waals surface area contributed by atoms with Crippen LogP contribution in [0.25, 0.3) is 0 Å². The number of ketones is 1. The third-order valence-electron chi connectivity index (χ3n) is 2.82. The first-order valence-corrected chi connectivity index (χ1v) is 6.71. The molecule has 0 atom stereocenters. The smallest absolute Gasteiger partial charge is 0.206 e. The molecule has 3 nitrogen and oxygen atoms in total. The fourth-order valence-corrected chi connectivity index (χ4v) is 2.59. The van der Waals surface area contributed by atoms with Crippen LogP contribution in [0.1, 0.15) is 47.3 Å². The number of carbonyl (C=O) groups is 1. The molecule has 0 saturated heterocycles. The van der Waals surface area contributed by atoms with E-state index in [1.165, 1.54) is 12.1 Å². The minimum Gasteiger partial charge on any atom is -0.288 e. The van der Waals surface area contributed by atoms with Crippen LogP contribution in [0.3, 0.4) is 0 Å². The molecule has 0 bridgehead atoms. The zero-order chi connectivity index (χ0) is 14.2. The van der Waals surface area contributed by atoms with E-state index >= 15 is 0 Å². The van der Waals surface area contributed by atoms with E-state index in [-0.39, 0.29) is 17.0 Å². The van der Waals surface area contributed by atoms with Crippen LogP contribution in [-0.4, -0.2) is 15.4 Å². The minimum absolute atomic E-state index is 0.150. The molecule has 5 heteroatoms. The summed E-state index contributed by atoms with van der Waals surface area (Å²) in [6.45, 7) is 7.59. The fraction of sp³-hybridized carbons (Fsp3) is 0.357. The molecule has 1 aromatic carbocycles. The van der Waals surface area contributed by atoms with Gasteiger partial charge in [0, 0.05) is 11.0 Å². The highest BCUT2D eigenvalue weighted by Gasteiger charge is 2.27. The van der Waals surface area contributed by atoms with Crippen LogP contribution < -0.4 is 0 Å². The van der Waals surface area contributed by atoms with Crippen molar-refractivity contribution in [1.82, 2.24) is 9.59 Å². The highest BCUT2D eigenvalue weighted by molar-refractivity contribution is 7.08. The Hall–Kier alpha value is -1.62. The number of benzene rings is 1. The lowest BCUT2D eigenvalue weighted by Gasteiger charge is -2.16. The number of nitrogens with zero attached hydrogens (tertiary/aromatic N) is 2. The monoisotopic (exact) mass is 278 g/mol. The van der Waals surface area contributed by atoms with Crippen molar-refractivity contribution in [2.45, 2.75) is 33.1 Å². The molecule has 0 N–H and O–H groups in total. The molecule has 0 aliphatic carbocycles. The van der Waals surface area contributed by atoms with Gasteiger partial charge in [-0.05, 0) is 42.2 Å². The van der Waals surface area contributed by atoms with Gasteiger partial charge in [-0.2, -0.15) is 0 Å². The van der Waals surface area contributed by atoms with Crippen LogP contribution in [-0.2, 0) is 5.41 Å². The number of rotatable bonds is 2. The van der Waals surface area contributed by atoms with Crippen molar-refractivity contribution < 1.29 is 9.18 Å². The second-order valence-electron chi connectivity index (χ2n) is 5.49. The zero-order valence-corrected chi connectivity index (χ0v) is 12.1. The lowest BCUT2D eigenvalue weighted by atomic mass is 9.90. The summed E-state index contributed by atoms with van der Waals surface area (Å²) >= 11 is 1.09. The van der Waals surface area contributed by atoms with Crippen LogP contribution in [0.15, 0.2) is 18.2 Å². The SMILES string of the molecule is Cc1cc(C(=O)c2snnc2C(C)(C)C)ccc1F. The van der Waals surface area contributed by atoms with Gasteiger partial charge in [0.2, 0.25) is 5.78 Å². The highest BCUT2D eigenvalue weighted by Crippen LogP contribution is 2.28. The predicted molar refractivity (Wildman–Crippen MR) is 73.2 cm³/mol. The van der Waals surface area contributed by atoms with Gasteiger partial charge in [-0.1, -0.05) is 25.3 Å². The van der Waals surface area contributed by atoms with Gasteiger partial charge in [0.25, 0.3) is 0 Å². The molecule has 100 valence electrons. The van der Waals surface area contributed by atoms with Crippen LogP contribution in [0, 0.1) is 12.7 Å². The van der Waals surface area contributed by atoms with Crippen LogP contribution in [0.5, 0.6) is 0 Å². The summed E-state index contributed by atoms with van der Waals surface area (Å²) in [5.74, 6) is -0.460. The lowest BCUT2D eigenvalue weighted by molar-refractivity contribution is 0.104. The van der Waals surface area contributed by atoms with Gasteiger partial charge in [-0.15, -0.1) is 5.10 Å². The standard InChI is InChI=1S/C14H15FN2OS/c1-8-7-9(5-6-10(8)15)11(18)12-13(14(2,3)4)16-17-19-12/h5-7H,1-4H3. The molecule has 2 aromatic rings. The first-order valence-electron chi connectivity index (χ1n) is 5.94. The van der Waals surface area contributed by atoms with E-state index < -0.39 is 0 Å². The Labute approximate surface area is 115 Å². The van der Waals surface area contributed by atoms with Gasteiger partial charge >= 0.3 is 0 Å². The zero-order valence-electron chi connectivity index (χ0n) is 11.3. The Bertz CT molecular complexity index is 629. The van der Waals surface area contributed by atoms with E-state index in [0.717, 1.165) is 11.5 Å². The Morgan fingerprint density at radius 2 is 2.00 bits per heavy atom. The van der Waals surface area contributed by atoms with Gasteiger partial charge in [-0.3, -0.25) is 4.79 Å². The van der Waals surface area contributed by atoms with E-state index in [1.54, 1.807) is 13.0 Å². The molecule has 0 unspecified atom stereocenters. The van der Waals surface area contributed by atoms with Crippen molar-refractivity contribution in [2.75, 3.05) is 0 Å². The predicted octanol–water partition coefficient (Wildman–Crippen LogP) is 3.51. The van der Waals surface area contributed by atoms with E-state index in [9.17, 15) is 9.18 Å². The van der Waals surface area contributed by atoms with Crippen molar-refractivity contribution in [3.8, 4) is 0 Å². The maximum absolute atomic E-state index is 13.2. The topological polar surface area (TPSA) is 42.9 Å². The molecule has 0 fully saturated rings. The van der Waals surface area contributed by atoms with Crippen molar-refractivity contribution in [3.63, 3.8) is 0 Å². The molecule has 2 rings (SSSR count). The molecule has 19 heavy (non-hydrogen) atoms. The molecular formula is C14H15FN2OS. The van der Waals surface area contributed by atoms with Crippen LogP contribution >= 0.6 is 11.5 Å². The lowest BCUT2D eigenvalue weighted by Crippen LogP contribution is -2.16.